The predicted octanol–water partition coefficient (Wildman–Crippen LogP) is 2.32. The van der Waals surface area contributed by atoms with Crippen molar-refractivity contribution in [2.24, 2.45) is 5.92 Å². The second-order valence-electron chi connectivity index (χ2n) is 5.13. The Morgan fingerprint density at radius 3 is 2.58 bits per heavy atom. The summed E-state index contributed by atoms with van der Waals surface area (Å²) in [5.41, 5.74) is 0. The Morgan fingerprint density at radius 2 is 2.11 bits per heavy atom. The van der Waals surface area contributed by atoms with Gasteiger partial charge in [0.15, 0.2) is 0 Å². The second-order valence-corrected chi connectivity index (χ2v) is 6.34. The summed E-state index contributed by atoms with van der Waals surface area (Å²) in [5.74, 6) is -0.00202. The number of carboxylic acids is 1. The molecule has 3 unspecified atom stereocenters. The molecule has 0 aromatic heterocycles. The van der Waals surface area contributed by atoms with Gasteiger partial charge in [-0.3, -0.25) is 4.90 Å². The van der Waals surface area contributed by atoms with Gasteiger partial charge in [-0.25, -0.2) is 9.59 Å². The Kier molecular flexibility index (Phi) is 5.97. The molecule has 110 valence electrons. The third kappa shape index (κ3) is 3.78. The minimum Gasteiger partial charge on any atom is -0.480 e. The van der Waals surface area contributed by atoms with Gasteiger partial charge in [0.1, 0.15) is 6.04 Å². The molecule has 0 aromatic carbocycles. The van der Waals surface area contributed by atoms with Crippen molar-refractivity contribution in [1.29, 1.82) is 0 Å². The van der Waals surface area contributed by atoms with Crippen LogP contribution in [-0.4, -0.2) is 57.7 Å². The molecule has 19 heavy (non-hydrogen) atoms. The molecule has 0 spiro atoms. The van der Waals surface area contributed by atoms with Crippen LogP contribution in [0.25, 0.3) is 0 Å². The van der Waals surface area contributed by atoms with Gasteiger partial charge < -0.3 is 10.0 Å². The molecule has 0 saturated carbocycles. The Bertz CT molecular complexity index is 338. The molecule has 0 bridgehead atoms. The summed E-state index contributed by atoms with van der Waals surface area (Å²) >= 11 is 1.55. The van der Waals surface area contributed by atoms with E-state index in [0.717, 1.165) is 12.8 Å². The van der Waals surface area contributed by atoms with Gasteiger partial charge in [0.2, 0.25) is 0 Å². The van der Waals surface area contributed by atoms with Crippen LogP contribution in [-0.2, 0) is 4.79 Å². The summed E-state index contributed by atoms with van der Waals surface area (Å²) in [6.07, 6.45) is 1.78. The average molecular weight is 288 g/mol. The zero-order valence-electron chi connectivity index (χ0n) is 12.1. The monoisotopic (exact) mass is 288 g/mol. The Morgan fingerprint density at radius 1 is 1.47 bits per heavy atom. The molecule has 0 aromatic rings. The molecule has 0 aliphatic carbocycles. The standard InChI is InChI=1S/C13H24N2O3S/c1-5-9(3)7-14(4)13(18)15-10(12(16)17)8-19-11(15)6-2/h9-11H,5-8H2,1-4H3,(H,16,17). The third-order valence-electron chi connectivity index (χ3n) is 3.56. The van der Waals surface area contributed by atoms with E-state index in [1.165, 1.54) is 4.90 Å². The highest BCUT2D eigenvalue weighted by molar-refractivity contribution is 8.00. The summed E-state index contributed by atoms with van der Waals surface area (Å²) in [7, 11) is 1.75. The summed E-state index contributed by atoms with van der Waals surface area (Å²) in [4.78, 5) is 26.9. The van der Waals surface area contributed by atoms with Crippen LogP contribution >= 0.6 is 11.8 Å². The quantitative estimate of drug-likeness (QED) is 0.843. The minimum atomic E-state index is -0.909. The lowest BCUT2D eigenvalue weighted by molar-refractivity contribution is -0.141. The maximum atomic E-state index is 12.5. The smallest absolute Gasteiger partial charge is 0.327 e. The second kappa shape index (κ2) is 7.03. The number of thioether (sulfide) groups is 1. The van der Waals surface area contributed by atoms with Gasteiger partial charge in [-0.15, -0.1) is 11.8 Å². The first kappa shape index (κ1) is 16.1. The molecule has 1 fully saturated rings. The van der Waals surface area contributed by atoms with Crippen LogP contribution in [0.4, 0.5) is 4.79 Å². The average Bonchev–Trinajstić information content (AvgIpc) is 2.81. The first-order chi connectivity index (χ1) is 8.92. The molecule has 0 radical (unpaired) electrons. The van der Waals surface area contributed by atoms with Crippen LogP contribution < -0.4 is 0 Å². The van der Waals surface area contributed by atoms with E-state index < -0.39 is 12.0 Å². The normalized spacial score (nSPS) is 24.3. The highest BCUT2D eigenvalue weighted by Crippen LogP contribution is 2.32. The van der Waals surface area contributed by atoms with Crippen molar-refractivity contribution >= 4 is 23.8 Å². The molecule has 3 atom stereocenters. The number of aliphatic carboxylic acids is 1. The molecule has 6 heteroatoms. The van der Waals surface area contributed by atoms with Gasteiger partial charge >= 0.3 is 12.0 Å². The summed E-state index contributed by atoms with van der Waals surface area (Å²) in [6.45, 7) is 6.83. The Balaban J connectivity index is 2.78. The van der Waals surface area contributed by atoms with Crippen molar-refractivity contribution in [1.82, 2.24) is 9.80 Å². The molecule has 1 heterocycles. The maximum Gasteiger partial charge on any atom is 0.327 e. The summed E-state index contributed by atoms with van der Waals surface area (Å²) in [6, 6.07) is -0.855. The van der Waals surface area contributed by atoms with Crippen molar-refractivity contribution in [3.8, 4) is 0 Å². The zero-order valence-corrected chi connectivity index (χ0v) is 12.9. The van der Waals surface area contributed by atoms with Crippen molar-refractivity contribution in [3.63, 3.8) is 0 Å². The van der Waals surface area contributed by atoms with E-state index in [9.17, 15) is 14.7 Å². The number of carbonyl (C=O) groups is 2. The maximum absolute atomic E-state index is 12.5. The fourth-order valence-corrected chi connectivity index (χ4v) is 3.54. The van der Waals surface area contributed by atoms with Crippen molar-refractivity contribution < 1.29 is 14.7 Å². The van der Waals surface area contributed by atoms with Crippen LogP contribution in [0.15, 0.2) is 0 Å². The number of carboxylic acid groups (broad SMARTS) is 1. The number of hydrogen-bond acceptors (Lipinski definition) is 3. The number of nitrogens with zero attached hydrogens (tertiary/aromatic N) is 2. The first-order valence-corrected chi connectivity index (χ1v) is 7.85. The van der Waals surface area contributed by atoms with Crippen LogP contribution in [0.2, 0.25) is 0 Å². The molecule has 2 amide bonds. The molecule has 1 aliphatic rings. The fraction of sp³-hybridized carbons (Fsp3) is 0.846. The van der Waals surface area contributed by atoms with E-state index >= 15 is 0 Å². The molecular formula is C13H24N2O3S. The highest BCUT2D eigenvalue weighted by atomic mass is 32.2. The number of urea groups is 1. The van der Waals surface area contributed by atoms with E-state index in [0.29, 0.717) is 18.2 Å². The zero-order chi connectivity index (χ0) is 14.6. The van der Waals surface area contributed by atoms with Crippen LogP contribution in [0.1, 0.15) is 33.6 Å². The molecule has 1 N–H and O–H groups in total. The van der Waals surface area contributed by atoms with Gasteiger partial charge in [-0.1, -0.05) is 27.2 Å². The predicted molar refractivity (Wildman–Crippen MR) is 77.3 cm³/mol. The van der Waals surface area contributed by atoms with E-state index in [4.69, 9.17) is 0 Å². The summed E-state index contributed by atoms with van der Waals surface area (Å²) in [5, 5.41) is 9.21. The lowest BCUT2D eigenvalue weighted by Gasteiger charge is -2.32. The lowest BCUT2D eigenvalue weighted by atomic mass is 10.1. The molecule has 1 saturated heterocycles. The Hall–Kier alpha value is -0.910. The van der Waals surface area contributed by atoms with E-state index in [2.05, 4.69) is 13.8 Å². The number of hydrogen-bond donors (Lipinski definition) is 1. The van der Waals surface area contributed by atoms with Crippen LogP contribution in [0, 0.1) is 5.92 Å². The van der Waals surface area contributed by atoms with E-state index in [1.807, 2.05) is 6.92 Å². The largest absolute Gasteiger partial charge is 0.480 e. The molecule has 1 rings (SSSR count). The van der Waals surface area contributed by atoms with Crippen LogP contribution in [0.5, 0.6) is 0 Å². The number of rotatable bonds is 5. The number of amides is 2. The lowest BCUT2D eigenvalue weighted by Crippen LogP contribution is -2.51. The fourth-order valence-electron chi connectivity index (χ4n) is 2.20. The van der Waals surface area contributed by atoms with Crippen molar-refractivity contribution in [2.45, 2.75) is 45.0 Å². The van der Waals surface area contributed by atoms with Crippen LogP contribution in [0.3, 0.4) is 0 Å². The minimum absolute atomic E-state index is 0.0204. The SMILES string of the molecule is CCC(C)CN(C)C(=O)N1C(CC)SCC1C(=O)O. The summed E-state index contributed by atoms with van der Waals surface area (Å²) < 4.78 is 0. The highest BCUT2D eigenvalue weighted by Gasteiger charge is 2.41. The third-order valence-corrected chi connectivity index (χ3v) is 5.01. The molecule has 5 nitrogen and oxygen atoms in total. The van der Waals surface area contributed by atoms with Crippen molar-refractivity contribution in [2.75, 3.05) is 19.3 Å². The van der Waals surface area contributed by atoms with Gasteiger partial charge in [0, 0.05) is 19.3 Å². The van der Waals surface area contributed by atoms with Gasteiger partial charge in [-0.2, -0.15) is 0 Å². The Labute approximate surface area is 119 Å². The molecular weight excluding hydrogens is 264 g/mol. The van der Waals surface area contributed by atoms with E-state index in [1.54, 1.807) is 23.7 Å². The van der Waals surface area contributed by atoms with Crippen molar-refractivity contribution in [3.05, 3.63) is 0 Å². The number of carbonyl (C=O) groups excluding carboxylic acids is 1. The first-order valence-electron chi connectivity index (χ1n) is 6.80. The molecule has 1 aliphatic heterocycles. The van der Waals surface area contributed by atoms with E-state index in [-0.39, 0.29) is 11.4 Å². The van der Waals surface area contributed by atoms with Gasteiger partial charge in [-0.05, 0) is 12.3 Å². The van der Waals surface area contributed by atoms with Gasteiger partial charge in [0.25, 0.3) is 0 Å². The topological polar surface area (TPSA) is 60.9 Å². The van der Waals surface area contributed by atoms with Gasteiger partial charge in [0.05, 0.1) is 5.37 Å².